The average Bonchev–Trinajstić information content (AvgIpc) is 3.04. The number of Topliss-reactive ketones (excluding diaryl/α,β-unsaturated/α-hetero) is 1. The third-order valence-electron chi connectivity index (χ3n) is 5.92. The molecule has 0 unspecified atom stereocenters. The molecule has 6 heteroatoms. The summed E-state index contributed by atoms with van der Waals surface area (Å²) in [5.41, 5.74) is 0.968. The van der Waals surface area contributed by atoms with E-state index in [-0.39, 0.29) is 40.9 Å². The molecule has 1 aliphatic carbocycles. The maximum atomic E-state index is 13.0. The number of ketones is 1. The topological polar surface area (TPSA) is 80.8 Å². The first-order chi connectivity index (χ1) is 14.9. The van der Waals surface area contributed by atoms with E-state index in [9.17, 15) is 19.2 Å². The summed E-state index contributed by atoms with van der Waals surface area (Å²) in [7, 11) is 0. The molecule has 4 atom stereocenters. The largest absolute Gasteiger partial charge is 0.451 e. The Morgan fingerprint density at radius 1 is 1.00 bits per heavy atom. The summed E-state index contributed by atoms with van der Waals surface area (Å²) in [6, 6.07) is 14.8. The van der Waals surface area contributed by atoms with Crippen LogP contribution < -0.4 is 4.90 Å². The number of benzene rings is 2. The van der Waals surface area contributed by atoms with Gasteiger partial charge >= 0.3 is 5.97 Å². The first kappa shape index (κ1) is 20.7. The van der Waals surface area contributed by atoms with Crippen molar-refractivity contribution in [2.45, 2.75) is 26.4 Å². The lowest BCUT2D eigenvalue weighted by atomic mass is 9.78. The highest BCUT2D eigenvalue weighted by atomic mass is 16.5. The van der Waals surface area contributed by atoms with Gasteiger partial charge in [-0.2, -0.15) is 0 Å². The predicted molar refractivity (Wildman–Crippen MR) is 114 cm³/mol. The monoisotopic (exact) mass is 417 g/mol. The van der Waals surface area contributed by atoms with Gasteiger partial charge in [0.15, 0.2) is 6.10 Å². The van der Waals surface area contributed by atoms with Crippen molar-refractivity contribution < 1.29 is 23.9 Å². The average molecular weight is 417 g/mol. The van der Waals surface area contributed by atoms with Crippen LogP contribution in [0.4, 0.5) is 5.69 Å². The minimum absolute atomic E-state index is 0.0156. The number of esters is 1. The number of carbonyl (C=O) groups excluding carboxylic acids is 4. The SMILES string of the molecule is C[C@H](OC(=O)c1cccc(N2C(=O)[C@H]3[C@H](CC=C[C@@H]3C)C2=O)c1)C(=O)c1ccccc1. The normalized spacial score (nSPS) is 23.4. The number of anilines is 1. The Labute approximate surface area is 180 Å². The lowest BCUT2D eigenvalue weighted by Gasteiger charge is -2.22. The lowest BCUT2D eigenvalue weighted by molar-refractivity contribution is -0.122. The number of ether oxygens (including phenoxy) is 1. The standard InChI is InChI=1S/C25H23NO5/c1-15-8-6-13-20-21(15)24(29)26(23(20)28)19-12-7-11-18(14-19)25(30)31-16(2)22(27)17-9-4-3-5-10-17/h3-12,14-16,20-21H,13H2,1-2H3/t15-,16-,20-,21+/m0/s1. The predicted octanol–water partition coefficient (Wildman–Crippen LogP) is 3.82. The molecule has 0 bridgehead atoms. The van der Waals surface area contributed by atoms with E-state index in [2.05, 4.69) is 0 Å². The van der Waals surface area contributed by atoms with E-state index in [0.29, 0.717) is 17.7 Å². The summed E-state index contributed by atoms with van der Waals surface area (Å²) in [4.78, 5) is 52.2. The number of rotatable bonds is 5. The molecule has 1 saturated heterocycles. The van der Waals surface area contributed by atoms with Crippen LogP contribution in [-0.4, -0.2) is 29.7 Å². The molecular formula is C25H23NO5. The van der Waals surface area contributed by atoms with Crippen LogP contribution in [0.25, 0.3) is 0 Å². The van der Waals surface area contributed by atoms with Gasteiger partial charge in [-0.3, -0.25) is 19.3 Å². The Kier molecular flexibility index (Phi) is 5.55. The number of allylic oxidation sites excluding steroid dienone is 2. The van der Waals surface area contributed by atoms with E-state index in [1.165, 1.54) is 24.0 Å². The van der Waals surface area contributed by atoms with Crippen molar-refractivity contribution >= 4 is 29.3 Å². The van der Waals surface area contributed by atoms with Crippen LogP contribution in [0.5, 0.6) is 0 Å². The summed E-state index contributed by atoms with van der Waals surface area (Å²) in [5.74, 6) is -2.25. The number of amides is 2. The Morgan fingerprint density at radius 2 is 1.71 bits per heavy atom. The maximum Gasteiger partial charge on any atom is 0.338 e. The summed E-state index contributed by atoms with van der Waals surface area (Å²) in [6.45, 7) is 3.45. The third kappa shape index (κ3) is 3.81. The van der Waals surface area contributed by atoms with E-state index in [1.807, 2.05) is 19.1 Å². The van der Waals surface area contributed by atoms with Gasteiger partial charge in [0.2, 0.25) is 17.6 Å². The molecule has 0 radical (unpaired) electrons. The zero-order valence-electron chi connectivity index (χ0n) is 17.4. The fourth-order valence-corrected chi connectivity index (χ4v) is 4.29. The quantitative estimate of drug-likeness (QED) is 0.320. The zero-order valence-corrected chi connectivity index (χ0v) is 17.4. The molecule has 2 aromatic rings. The number of carbonyl (C=O) groups is 4. The van der Waals surface area contributed by atoms with Crippen LogP contribution in [0.15, 0.2) is 66.7 Å². The number of fused-ring (bicyclic) bond motifs is 1. The maximum absolute atomic E-state index is 13.0. The van der Waals surface area contributed by atoms with Gasteiger partial charge in [0.05, 0.1) is 23.1 Å². The molecule has 6 nitrogen and oxygen atoms in total. The number of nitrogens with zero attached hydrogens (tertiary/aromatic N) is 1. The van der Waals surface area contributed by atoms with E-state index >= 15 is 0 Å². The number of imide groups is 1. The summed E-state index contributed by atoms with van der Waals surface area (Å²) in [5, 5.41) is 0. The molecule has 0 N–H and O–H groups in total. The van der Waals surface area contributed by atoms with Crippen LogP contribution in [0.2, 0.25) is 0 Å². The highest BCUT2D eigenvalue weighted by molar-refractivity contribution is 6.22. The molecular weight excluding hydrogens is 394 g/mol. The minimum Gasteiger partial charge on any atom is -0.451 e. The van der Waals surface area contributed by atoms with Crippen LogP contribution in [-0.2, 0) is 14.3 Å². The van der Waals surface area contributed by atoms with Gasteiger partial charge in [0.25, 0.3) is 0 Å². The van der Waals surface area contributed by atoms with Crippen molar-refractivity contribution in [3.8, 4) is 0 Å². The van der Waals surface area contributed by atoms with E-state index in [0.717, 1.165) is 0 Å². The van der Waals surface area contributed by atoms with Gasteiger partial charge in [0, 0.05) is 5.56 Å². The van der Waals surface area contributed by atoms with Crippen LogP contribution in [0.1, 0.15) is 41.0 Å². The molecule has 4 rings (SSSR count). The summed E-state index contributed by atoms with van der Waals surface area (Å²) >= 11 is 0. The zero-order chi connectivity index (χ0) is 22.1. The Hall–Kier alpha value is -3.54. The third-order valence-corrected chi connectivity index (χ3v) is 5.92. The highest BCUT2D eigenvalue weighted by Crippen LogP contribution is 2.40. The van der Waals surface area contributed by atoms with Gasteiger partial charge in [0.1, 0.15) is 0 Å². The molecule has 2 aromatic carbocycles. The van der Waals surface area contributed by atoms with E-state index in [1.54, 1.807) is 42.5 Å². The molecule has 1 aliphatic heterocycles. The Balaban J connectivity index is 1.52. The number of hydrogen-bond donors (Lipinski definition) is 0. The first-order valence-corrected chi connectivity index (χ1v) is 10.3. The Bertz CT molecular complexity index is 1070. The Morgan fingerprint density at radius 3 is 2.42 bits per heavy atom. The van der Waals surface area contributed by atoms with Gasteiger partial charge in [-0.05, 0) is 37.5 Å². The van der Waals surface area contributed by atoms with Crippen molar-refractivity contribution in [3.63, 3.8) is 0 Å². The molecule has 0 spiro atoms. The van der Waals surface area contributed by atoms with Crippen molar-refractivity contribution in [2.24, 2.45) is 17.8 Å². The molecule has 0 saturated carbocycles. The fraction of sp³-hybridized carbons (Fsp3) is 0.280. The second kappa shape index (κ2) is 8.30. The highest BCUT2D eigenvalue weighted by Gasteiger charge is 2.50. The van der Waals surface area contributed by atoms with Gasteiger partial charge in [-0.15, -0.1) is 0 Å². The first-order valence-electron chi connectivity index (χ1n) is 10.3. The molecule has 1 heterocycles. The molecule has 2 amide bonds. The minimum atomic E-state index is -0.969. The van der Waals surface area contributed by atoms with Crippen LogP contribution >= 0.6 is 0 Å². The molecule has 31 heavy (non-hydrogen) atoms. The number of hydrogen-bond acceptors (Lipinski definition) is 5. The molecule has 1 fully saturated rings. The molecule has 2 aliphatic rings. The van der Waals surface area contributed by atoms with Crippen molar-refractivity contribution in [3.05, 3.63) is 77.9 Å². The summed E-state index contributed by atoms with van der Waals surface area (Å²) < 4.78 is 5.35. The van der Waals surface area contributed by atoms with Gasteiger partial charge in [-0.25, -0.2) is 4.79 Å². The van der Waals surface area contributed by atoms with Crippen LogP contribution in [0, 0.1) is 17.8 Å². The van der Waals surface area contributed by atoms with Crippen LogP contribution in [0.3, 0.4) is 0 Å². The van der Waals surface area contributed by atoms with E-state index < -0.39 is 12.1 Å². The molecule has 0 aromatic heterocycles. The van der Waals surface area contributed by atoms with E-state index in [4.69, 9.17) is 4.74 Å². The molecule has 158 valence electrons. The lowest BCUT2D eigenvalue weighted by Crippen LogP contribution is -2.32. The van der Waals surface area contributed by atoms with Gasteiger partial charge < -0.3 is 4.74 Å². The second-order valence-corrected chi connectivity index (χ2v) is 8.00. The van der Waals surface area contributed by atoms with Crippen molar-refractivity contribution in [1.29, 1.82) is 0 Å². The summed E-state index contributed by atoms with van der Waals surface area (Å²) in [6.07, 6.45) is 3.48. The second-order valence-electron chi connectivity index (χ2n) is 8.00. The van der Waals surface area contributed by atoms with Crippen molar-refractivity contribution in [1.82, 2.24) is 0 Å². The van der Waals surface area contributed by atoms with Crippen molar-refractivity contribution in [2.75, 3.05) is 4.90 Å². The van der Waals surface area contributed by atoms with Gasteiger partial charge in [-0.1, -0.05) is 55.5 Å². The smallest absolute Gasteiger partial charge is 0.338 e. The fourth-order valence-electron chi connectivity index (χ4n) is 4.29.